The zero-order valence-electron chi connectivity index (χ0n) is 8.69. The number of hydrogen-bond donors (Lipinski definition) is 0. The van der Waals surface area contributed by atoms with Crippen LogP contribution in [0.2, 0.25) is 0 Å². The van der Waals surface area contributed by atoms with E-state index in [2.05, 4.69) is 15.9 Å². The molecule has 0 unspecified atom stereocenters. The molecule has 0 aliphatic rings. The summed E-state index contributed by atoms with van der Waals surface area (Å²) < 4.78 is 13.8. The van der Waals surface area contributed by atoms with Crippen LogP contribution in [0.1, 0.15) is 15.2 Å². The first-order valence-electron chi connectivity index (χ1n) is 4.87. The number of hydrogen-bond acceptors (Lipinski definition) is 2. The van der Waals surface area contributed by atoms with Crippen LogP contribution in [-0.2, 0) is 0 Å². The molecule has 1 nitrogen and oxygen atoms in total. The summed E-state index contributed by atoms with van der Waals surface area (Å²) in [5, 5.41) is 1.85. The maximum Gasteiger partial charge on any atom is 0.195 e. The van der Waals surface area contributed by atoms with Crippen LogP contribution in [0.15, 0.2) is 46.3 Å². The van der Waals surface area contributed by atoms with Crippen LogP contribution in [0.4, 0.5) is 4.39 Å². The minimum Gasteiger partial charge on any atom is -0.288 e. The van der Waals surface area contributed by atoms with Gasteiger partial charge in [0.2, 0.25) is 0 Å². The average molecular weight is 311 g/mol. The molecule has 0 bridgehead atoms. The summed E-state index contributed by atoms with van der Waals surface area (Å²) in [5.41, 5.74) is 0.675. The Kier molecular flexibility index (Phi) is 3.86. The maximum absolute atomic E-state index is 12.9. The highest BCUT2D eigenvalue weighted by molar-refractivity contribution is 9.10. The highest BCUT2D eigenvalue weighted by atomic mass is 79.9. The van der Waals surface area contributed by atoms with E-state index < -0.39 is 0 Å². The third-order valence-electron chi connectivity index (χ3n) is 2.09. The van der Waals surface area contributed by atoms with Gasteiger partial charge >= 0.3 is 0 Å². The monoisotopic (exact) mass is 310 g/mol. The fourth-order valence-electron chi connectivity index (χ4n) is 1.31. The van der Waals surface area contributed by atoms with E-state index in [1.807, 2.05) is 5.38 Å². The van der Waals surface area contributed by atoms with Gasteiger partial charge in [-0.3, -0.25) is 4.79 Å². The molecule has 4 heteroatoms. The molecule has 2 rings (SSSR count). The molecule has 17 heavy (non-hydrogen) atoms. The maximum atomic E-state index is 12.9. The van der Waals surface area contributed by atoms with E-state index in [1.165, 1.54) is 29.5 Å². The van der Waals surface area contributed by atoms with Gasteiger partial charge < -0.3 is 0 Å². The van der Waals surface area contributed by atoms with Gasteiger partial charge in [-0.15, -0.1) is 11.3 Å². The van der Waals surface area contributed by atoms with Crippen molar-refractivity contribution >= 4 is 39.1 Å². The van der Waals surface area contributed by atoms with Crippen molar-refractivity contribution in [3.05, 3.63) is 62.5 Å². The van der Waals surface area contributed by atoms with Crippen LogP contribution < -0.4 is 0 Å². The van der Waals surface area contributed by atoms with Gasteiger partial charge in [-0.2, -0.15) is 0 Å². The third kappa shape index (κ3) is 3.35. The standard InChI is InChI=1S/C13H8BrFOS/c14-10-7-13(17-8-10)12(16)5-4-9-2-1-3-11(15)6-9/h1-8H/b5-4+. The number of carbonyl (C=O) groups excluding carboxylic acids is 1. The van der Waals surface area contributed by atoms with Crippen molar-refractivity contribution in [2.24, 2.45) is 0 Å². The quantitative estimate of drug-likeness (QED) is 0.600. The summed E-state index contributed by atoms with van der Waals surface area (Å²) in [6.45, 7) is 0. The summed E-state index contributed by atoms with van der Waals surface area (Å²) >= 11 is 4.66. The topological polar surface area (TPSA) is 17.1 Å². The summed E-state index contributed by atoms with van der Waals surface area (Å²) in [6, 6.07) is 7.88. The molecule has 1 heterocycles. The molecule has 0 aliphatic heterocycles. The third-order valence-corrected chi connectivity index (χ3v) is 3.79. The van der Waals surface area contributed by atoms with Crippen LogP contribution in [0.3, 0.4) is 0 Å². The molecule has 1 aromatic carbocycles. The minimum absolute atomic E-state index is 0.0787. The lowest BCUT2D eigenvalue weighted by Gasteiger charge is -1.93. The van der Waals surface area contributed by atoms with Gasteiger partial charge in [0.1, 0.15) is 5.82 Å². The Morgan fingerprint density at radius 2 is 2.18 bits per heavy atom. The van der Waals surface area contributed by atoms with Crippen LogP contribution in [0, 0.1) is 5.82 Å². The molecule has 2 aromatic rings. The van der Waals surface area contributed by atoms with Crippen molar-refractivity contribution in [1.29, 1.82) is 0 Å². The average Bonchev–Trinajstić information content (AvgIpc) is 2.73. The number of benzene rings is 1. The summed E-state index contributed by atoms with van der Waals surface area (Å²) in [7, 11) is 0. The second kappa shape index (κ2) is 5.38. The molecule has 0 radical (unpaired) electrons. The van der Waals surface area contributed by atoms with Crippen molar-refractivity contribution in [1.82, 2.24) is 0 Å². The van der Waals surface area contributed by atoms with E-state index in [0.29, 0.717) is 10.4 Å². The zero-order valence-corrected chi connectivity index (χ0v) is 11.1. The lowest BCUT2D eigenvalue weighted by Crippen LogP contribution is -1.88. The highest BCUT2D eigenvalue weighted by Gasteiger charge is 2.04. The predicted octanol–water partition coefficient (Wildman–Crippen LogP) is 4.55. The molecule has 0 saturated carbocycles. The molecule has 0 spiro atoms. The fraction of sp³-hybridized carbons (Fsp3) is 0. The Bertz CT molecular complexity index is 574. The number of allylic oxidation sites excluding steroid dienone is 1. The summed E-state index contributed by atoms with van der Waals surface area (Å²) in [4.78, 5) is 12.4. The molecule has 0 saturated heterocycles. The Labute approximate surface area is 111 Å². The van der Waals surface area contributed by atoms with Gasteiger partial charge in [0.15, 0.2) is 5.78 Å². The fourth-order valence-corrected chi connectivity index (χ4v) is 2.65. The van der Waals surface area contributed by atoms with E-state index in [0.717, 1.165) is 4.47 Å². The number of ketones is 1. The van der Waals surface area contributed by atoms with Gasteiger partial charge in [-0.1, -0.05) is 18.2 Å². The lowest BCUT2D eigenvalue weighted by molar-refractivity contribution is 0.105. The first-order valence-corrected chi connectivity index (χ1v) is 6.54. The molecule has 0 aliphatic carbocycles. The zero-order chi connectivity index (χ0) is 12.3. The molecule has 86 valence electrons. The normalized spacial score (nSPS) is 10.9. The molecule has 0 fully saturated rings. The van der Waals surface area contributed by atoms with E-state index in [-0.39, 0.29) is 11.6 Å². The largest absolute Gasteiger partial charge is 0.288 e. The smallest absolute Gasteiger partial charge is 0.195 e. The van der Waals surface area contributed by atoms with Crippen LogP contribution in [0.25, 0.3) is 6.08 Å². The van der Waals surface area contributed by atoms with Crippen molar-refractivity contribution in [3.63, 3.8) is 0 Å². The van der Waals surface area contributed by atoms with Gasteiger partial charge in [-0.05, 0) is 45.8 Å². The van der Waals surface area contributed by atoms with E-state index in [1.54, 1.807) is 24.3 Å². The second-order valence-electron chi connectivity index (χ2n) is 3.38. The van der Waals surface area contributed by atoms with Crippen molar-refractivity contribution < 1.29 is 9.18 Å². The van der Waals surface area contributed by atoms with E-state index in [4.69, 9.17) is 0 Å². The van der Waals surface area contributed by atoms with Crippen molar-refractivity contribution in [2.45, 2.75) is 0 Å². The molecule has 0 atom stereocenters. The highest BCUT2D eigenvalue weighted by Crippen LogP contribution is 2.20. The Morgan fingerprint density at radius 3 is 2.82 bits per heavy atom. The Hall–Kier alpha value is -1.26. The molecular weight excluding hydrogens is 303 g/mol. The number of rotatable bonds is 3. The Morgan fingerprint density at radius 1 is 1.35 bits per heavy atom. The predicted molar refractivity (Wildman–Crippen MR) is 71.8 cm³/mol. The minimum atomic E-state index is -0.307. The number of halogens is 2. The van der Waals surface area contributed by atoms with Gasteiger partial charge in [-0.25, -0.2) is 4.39 Å². The molecule has 0 amide bonds. The number of carbonyl (C=O) groups is 1. The lowest BCUT2D eigenvalue weighted by atomic mass is 10.2. The first-order chi connectivity index (χ1) is 8.15. The van der Waals surface area contributed by atoms with Crippen LogP contribution in [0.5, 0.6) is 0 Å². The van der Waals surface area contributed by atoms with Crippen LogP contribution in [-0.4, -0.2) is 5.78 Å². The van der Waals surface area contributed by atoms with Crippen LogP contribution >= 0.6 is 27.3 Å². The molecular formula is C13H8BrFOS. The molecule has 0 N–H and O–H groups in total. The van der Waals surface area contributed by atoms with E-state index >= 15 is 0 Å². The second-order valence-corrected chi connectivity index (χ2v) is 5.21. The van der Waals surface area contributed by atoms with E-state index in [9.17, 15) is 9.18 Å². The summed E-state index contributed by atoms with van der Waals surface area (Å²) in [5.74, 6) is -0.386. The summed E-state index contributed by atoms with van der Waals surface area (Å²) in [6.07, 6.45) is 3.06. The van der Waals surface area contributed by atoms with Crippen molar-refractivity contribution in [2.75, 3.05) is 0 Å². The van der Waals surface area contributed by atoms with Gasteiger partial charge in [0.25, 0.3) is 0 Å². The number of thiophene rings is 1. The van der Waals surface area contributed by atoms with Gasteiger partial charge in [0, 0.05) is 9.85 Å². The molecule has 1 aromatic heterocycles. The Balaban J connectivity index is 2.13. The van der Waals surface area contributed by atoms with Crippen molar-refractivity contribution in [3.8, 4) is 0 Å². The van der Waals surface area contributed by atoms with Gasteiger partial charge in [0.05, 0.1) is 4.88 Å². The SMILES string of the molecule is O=C(/C=C/c1cccc(F)c1)c1cc(Br)cs1. The first kappa shape index (κ1) is 12.2.